The predicted octanol–water partition coefficient (Wildman–Crippen LogP) is 7.01. The summed E-state index contributed by atoms with van der Waals surface area (Å²) in [5.41, 5.74) is 2.60. The lowest BCUT2D eigenvalue weighted by molar-refractivity contribution is -0.117. The summed E-state index contributed by atoms with van der Waals surface area (Å²) in [7, 11) is 0. The van der Waals surface area contributed by atoms with Crippen molar-refractivity contribution in [3.05, 3.63) is 35.5 Å². The van der Waals surface area contributed by atoms with Crippen molar-refractivity contribution in [1.29, 1.82) is 0 Å². The molecule has 3 atom stereocenters. The van der Waals surface area contributed by atoms with E-state index in [9.17, 15) is 4.79 Å². The van der Waals surface area contributed by atoms with Gasteiger partial charge >= 0.3 is 0 Å². The molecule has 1 aromatic carbocycles. The molecule has 0 aliphatic heterocycles. The Balaban J connectivity index is 2.23. The van der Waals surface area contributed by atoms with E-state index in [0.29, 0.717) is 5.88 Å². The topological polar surface area (TPSA) is 51.2 Å². The molecule has 4 nitrogen and oxygen atoms in total. The molecule has 4 heteroatoms. The number of nitrogens with one attached hydrogen (secondary N) is 1. The number of unbranched alkanes of at least 4 members (excludes halogenated alkanes) is 3. The molecule has 0 saturated heterocycles. The molecule has 186 valence electrons. The fraction of sp³-hybridized carbons (Fsp3) is 0.600. The summed E-state index contributed by atoms with van der Waals surface area (Å²) >= 11 is 0. The van der Waals surface area contributed by atoms with E-state index in [0.717, 1.165) is 30.0 Å². The van der Waals surface area contributed by atoms with Gasteiger partial charge in [-0.05, 0) is 78.5 Å². The van der Waals surface area contributed by atoms with Crippen LogP contribution in [0.2, 0.25) is 0 Å². The average Bonchev–Trinajstić information content (AvgIpc) is 2.79. The van der Waals surface area contributed by atoms with Crippen LogP contribution in [0.4, 0.5) is 0 Å². The molecule has 1 amide bonds. The van der Waals surface area contributed by atoms with Crippen LogP contribution in [-0.2, 0) is 11.2 Å². The van der Waals surface area contributed by atoms with Gasteiger partial charge in [0.15, 0.2) is 0 Å². The van der Waals surface area contributed by atoms with Crippen LogP contribution in [0.15, 0.2) is 24.4 Å². The van der Waals surface area contributed by atoms with Gasteiger partial charge in [-0.2, -0.15) is 0 Å². The fourth-order valence-corrected chi connectivity index (χ4v) is 4.86. The Bertz CT molecular complexity index is 984. The van der Waals surface area contributed by atoms with E-state index >= 15 is 0 Å². The zero-order valence-corrected chi connectivity index (χ0v) is 22.3. The van der Waals surface area contributed by atoms with Crippen molar-refractivity contribution >= 4 is 16.7 Å². The lowest BCUT2D eigenvalue weighted by Crippen LogP contribution is -2.48. The Morgan fingerprint density at radius 3 is 2.56 bits per heavy atom. The number of aryl methyl sites for hydroxylation is 2. The van der Waals surface area contributed by atoms with Crippen molar-refractivity contribution in [2.45, 2.75) is 106 Å². The molecule has 0 aliphatic rings. The average molecular weight is 465 g/mol. The van der Waals surface area contributed by atoms with Crippen LogP contribution < -0.4 is 10.1 Å². The molecule has 0 saturated carbocycles. The van der Waals surface area contributed by atoms with Gasteiger partial charge in [-0.1, -0.05) is 66.9 Å². The van der Waals surface area contributed by atoms with Gasteiger partial charge in [-0.25, -0.2) is 4.98 Å². The number of rotatable bonds is 12. The number of nitrogens with zero attached hydrogens (tertiary/aromatic N) is 1. The zero-order valence-electron chi connectivity index (χ0n) is 22.3. The highest BCUT2D eigenvalue weighted by Crippen LogP contribution is 2.32. The quantitative estimate of drug-likeness (QED) is 0.271. The number of fused-ring (bicyclic) bond motifs is 1. The molecule has 0 aliphatic carbocycles. The van der Waals surface area contributed by atoms with Gasteiger partial charge in [0, 0.05) is 17.6 Å². The first-order valence-corrected chi connectivity index (χ1v) is 12.9. The Kier molecular flexibility index (Phi) is 10.4. The summed E-state index contributed by atoms with van der Waals surface area (Å²) < 4.78 is 6.52. The number of terminal acetylenes is 1. The first-order valence-electron chi connectivity index (χ1n) is 12.9. The van der Waals surface area contributed by atoms with Crippen LogP contribution in [-0.4, -0.2) is 23.0 Å². The zero-order chi connectivity index (χ0) is 25.3. The lowest BCUT2D eigenvalue weighted by Gasteiger charge is -2.37. The number of ether oxygens (including phenoxy) is 1. The third-order valence-corrected chi connectivity index (χ3v) is 6.77. The maximum atomic E-state index is 11.9. The number of hydrogen-bond donors (Lipinski definition) is 1. The summed E-state index contributed by atoms with van der Waals surface area (Å²) in [4.78, 5) is 16.6. The van der Waals surface area contributed by atoms with E-state index in [1.54, 1.807) is 0 Å². The minimum absolute atomic E-state index is 0.00463. The highest BCUT2D eigenvalue weighted by Gasteiger charge is 2.32. The number of benzene rings is 1. The maximum absolute atomic E-state index is 11.9. The van der Waals surface area contributed by atoms with Gasteiger partial charge in [0.05, 0.1) is 0 Å². The standard InChI is InChI=1S/C30H44N2O2/c1-9-12-13-14-15-23-20-26-24(18-21(23)4)16-17-31-29(26)34-25(10-2)19-22(5)28(30(6,7)8)32-27(33)11-3/h3,16-18,20,22,25,28H,9-10,12-15,19H2,1-2,4-8H3,(H,32,33)/t22?,25-,28+/m0/s1. The summed E-state index contributed by atoms with van der Waals surface area (Å²) in [6, 6.07) is 6.55. The molecule has 0 fully saturated rings. The highest BCUT2D eigenvalue weighted by atomic mass is 16.5. The molecule has 0 bridgehead atoms. The van der Waals surface area contributed by atoms with Crippen LogP contribution >= 0.6 is 0 Å². The summed E-state index contributed by atoms with van der Waals surface area (Å²) in [6.45, 7) is 15.1. The largest absolute Gasteiger partial charge is 0.474 e. The molecule has 1 unspecified atom stereocenters. The molecule has 0 radical (unpaired) electrons. The van der Waals surface area contributed by atoms with Gasteiger partial charge in [-0.3, -0.25) is 4.79 Å². The normalized spacial score (nSPS) is 14.3. The molecule has 1 heterocycles. The smallest absolute Gasteiger partial charge is 0.295 e. The van der Waals surface area contributed by atoms with Gasteiger partial charge in [0.1, 0.15) is 6.10 Å². The highest BCUT2D eigenvalue weighted by molar-refractivity contribution is 5.93. The second kappa shape index (κ2) is 12.8. The Morgan fingerprint density at radius 1 is 1.21 bits per heavy atom. The van der Waals surface area contributed by atoms with E-state index in [1.807, 2.05) is 6.20 Å². The van der Waals surface area contributed by atoms with E-state index in [1.165, 1.54) is 36.8 Å². The monoisotopic (exact) mass is 464 g/mol. The van der Waals surface area contributed by atoms with E-state index in [4.69, 9.17) is 11.2 Å². The minimum Gasteiger partial charge on any atom is -0.474 e. The molecule has 34 heavy (non-hydrogen) atoms. The maximum Gasteiger partial charge on any atom is 0.295 e. The van der Waals surface area contributed by atoms with Crippen molar-refractivity contribution in [2.75, 3.05) is 0 Å². The van der Waals surface area contributed by atoms with Crippen molar-refractivity contribution in [1.82, 2.24) is 10.3 Å². The van der Waals surface area contributed by atoms with Gasteiger partial charge < -0.3 is 10.1 Å². The van der Waals surface area contributed by atoms with Crippen molar-refractivity contribution in [3.8, 4) is 18.2 Å². The Hall–Kier alpha value is -2.54. The molecule has 2 aromatic rings. The van der Waals surface area contributed by atoms with Crippen LogP contribution in [0.3, 0.4) is 0 Å². The van der Waals surface area contributed by atoms with E-state index < -0.39 is 0 Å². The fourth-order valence-electron chi connectivity index (χ4n) is 4.86. The van der Waals surface area contributed by atoms with Crippen LogP contribution in [0.5, 0.6) is 5.88 Å². The number of hydrogen-bond acceptors (Lipinski definition) is 3. The van der Waals surface area contributed by atoms with Crippen LogP contribution in [0.25, 0.3) is 10.8 Å². The molecule has 1 aromatic heterocycles. The SMILES string of the molecule is C#CC(=O)N[C@H](C(C)C[C@H](CC)Oc1nccc2cc(C)c(CCCCCC)cc12)C(C)(C)C. The Labute approximate surface area is 207 Å². The van der Waals surface area contributed by atoms with E-state index in [2.05, 4.69) is 82.9 Å². The van der Waals surface area contributed by atoms with E-state index in [-0.39, 0.29) is 29.4 Å². The van der Waals surface area contributed by atoms with Crippen LogP contribution in [0, 0.1) is 30.6 Å². The number of pyridine rings is 1. The molecule has 2 rings (SSSR count). The third kappa shape index (κ3) is 7.76. The van der Waals surface area contributed by atoms with Gasteiger partial charge in [0.25, 0.3) is 5.91 Å². The third-order valence-electron chi connectivity index (χ3n) is 6.77. The molecular weight excluding hydrogens is 420 g/mol. The van der Waals surface area contributed by atoms with Gasteiger partial charge in [0.2, 0.25) is 5.88 Å². The molecule has 1 N–H and O–H groups in total. The van der Waals surface area contributed by atoms with Crippen LogP contribution in [0.1, 0.15) is 91.2 Å². The number of carbonyl (C=O) groups excluding carboxylic acids is 1. The molecule has 0 spiro atoms. The summed E-state index contributed by atoms with van der Waals surface area (Å²) in [5.74, 6) is 2.72. The van der Waals surface area contributed by atoms with Crippen molar-refractivity contribution < 1.29 is 9.53 Å². The van der Waals surface area contributed by atoms with Crippen molar-refractivity contribution in [3.63, 3.8) is 0 Å². The minimum atomic E-state index is -0.363. The first-order chi connectivity index (χ1) is 16.1. The number of carbonyl (C=O) groups is 1. The number of aromatic nitrogens is 1. The first kappa shape index (κ1) is 27.7. The second-order valence-corrected chi connectivity index (χ2v) is 10.7. The summed E-state index contributed by atoms with van der Waals surface area (Å²) in [6.07, 6.45) is 14.9. The van der Waals surface area contributed by atoms with Gasteiger partial charge in [-0.15, -0.1) is 6.42 Å². The molecular formula is C30H44N2O2. The predicted molar refractivity (Wildman–Crippen MR) is 143 cm³/mol. The lowest BCUT2D eigenvalue weighted by atomic mass is 9.77. The second-order valence-electron chi connectivity index (χ2n) is 10.7. The Morgan fingerprint density at radius 2 is 1.94 bits per heavy atom. The number of amides is 1. The van der Waals surface area contributed by atoms with Crippen molar-refractivity contribution in [2.24, 2.45) is 11.3 Å². The summed E-state index contributed by atoms with van der Waals surface area (Å²) in [5, 5.41) is 5.27.